The summed E-state index contributed by atoms with van der Waals surface area (Å²) >= 11 is 5.36. The fraction of sp³-hybridized carbons (Fsp3) is 0.917. The molecule has 0 bridgehead atoms. The van der Waals surface area contributed by atoms with E-state index in [2.05, 4.69) is 31.0 Å². The van der Waals surface area contributed by atoms with Crippen molar-refractivity contribution in [2.75, 3.05) is 33.4 Å². The van der Waals surface area contributed by atoms with Gasteiger partial charge in [-0.2, -0.15) is 0 Å². The van der Waals surface area contributed by atoms with Gasteiger partial charge in [0.2, 0.25) is 0 Å². The van der Waals surface area contributed by atoms with E-state index in [0.29, 0.717) is 12.0 Å². The molecular formula is C12H24N2OS. The number of nitrogens with zero attached hydrogens (tertiary/aromatic N) is 1. The van der Waals surface area contributed by atoms with Crippen molar-refractivity contribution in [3.05, 3.63) is 0 Å². The van der Waals surface area contributed by atoms with Crippen molar-refractivity contribution < 1.29 is 4.74 Å². The van der Waals surface area contributed by atoms with E-state index in [1.165, 1.54) is 6.42 Å². The molecule has 0 aromatic carbocycles. The predicted molar refractivity (Wildman–Crippen MR) is 71.6 cm³/mol. The summed E-state index contributed by atoms with van der Waals surface area (Å²) in [4.78, 5) is 2.28. The first-order valence-corrected chi connectivity index (χ1v) is 6.37. The van der Waals surface area contributed by atoms with E-state index in [4.69, 9.17) is 17.0 Å². The molecule has 1 saturated heterocycles. The van der Waals surface area contributed by atoms with Gasteiger partial charge in [-0.1, -0.05) is 20.8 Å². The summed E-state index contributed by atoms with van der Waals surface area (Å²) in [5.41, 5.74) is 0.386. The second-order valence-corrected chi connectivity index (χ2v) is 5.91. The van der Waals surface area contributed by atoms with E-state index in [9.17, 15) is 0 Å². The minimum atomic E-state index is 0.386. The number of thiocarbonyl (C=S) groups is 1. The van der Waals surface area contributed by atoms with Gasteiger partial charge in [-0.05, 0) is 30.0 Å². The third-order valence-corrected chi connectivity index (χ3v) is 3.69. The molecule has 0 amide bonds. The number of likely N-dealkylation sites (tertiary alicyclic amines) is 1. The molecule has 1 N–H and O–H groups in total. The summed E-state index contributed by atoms with van der Waals surface area (Å²) in [7, 11) is 1.70. The molecule has 1 unspecified atom stereocenters. The molecule has 4 heteroatoms. The Bertz CT molecular complexity index is 238. The second-order valence-electron chi connectivity index (χ2n) is 5.52. The van der Waals surface area contributed by atoms with Crippen LogP contribution in [0.2, 0.25) is 0 Å². The highest BCUT2D eigenvalue weighted by molar-refractivity contribution is 7.80. The predicted octanol–water partition coefficient (Wildman–Crippen LogP) is 1.88. The SMILES string of the molecule is COCCNC(=S)N1CCC(C(C)(C)C)C1. The highest BCUT2D eigenvalue weighted by atomic mass is 32.1. The minimum absolute atomic E-state index is 0.386. The normalized spacial score (nSPS) is 21.2. The molecule has 16 heavy (non-hydrogen) atoms. The maximum atomic E-state index is 5.36. The zero-order valence-electron chi connectivity index (χ0n) is 10.9. The highest BCUT2D eigenvalue weighted by Crippen LogP contribution is 2.33. The van der Waals surface area contributed by atoms with Crippen molar-refractivity contribution in [3.63, 3.8) is 0 Å². The van der Waals surface area contributed by atoms with Crippen LogP contribution in [0.15, 0.2) is 0 Å². The van der Waals surface area contributed by atoms with Gasteiger partial charge in [0.25, 0.3) is 0 Å². The fourth-order valence-corrected chi connectivity index (χ4v) is 2.29. The Morgan fingerprint density at radius 2 is 2.19 bits per heavy atom. The Morgan fingerprint density at radius 3 is 2.69 bits per heavy atom. The zero-order chi connectivity index (χ0) is 12.2. The van der Waals surface area contributed by atoms with Crippen molar-refractivity contribution in [3.8, 4) is 0 Å². The number of hydrogen-bond donors (Lipinski definition) is 1. The molecular weight excluding hydrogens is 220 g/mol. The number of rotatable bonds is 3. The van der Waals surface area contributed by atoms with Crippen molar-refractivity contribution >= 4 is 17.3 Å². The summed E-state index contributed by atoms with van der Waals surface area (Å²) in [6.45, 7) is 10.6. The van der Waals surface area contributed by atoms with Gasteiger partial charge in [-0.15, -0.1) is 0 Å². The number of hydrogen-bond acceptors (Lipinski definition) is 2. The van der Waals surface area contributed by atoms with Crippen LogP contribution in [-0.4, -0.2) is 43.4 Å². The van der Waals surface area contributed by atoms with Crippen LogP contribution in [0.25, 0.3) is 0 Å². The molecule has 1 heterocycles. The van der Waals surface area contributed by atoms with Crippen LogP contribution in [0.1, 0.15) is 27.2 Å². The van der Waals surface area contributed by atoms with E-state index in [0.717, 1.165) is 30.7 Å². The summed E-state index contributed by atoms with van der Waals surface area (Å²) in [6, 6.07) is 0. The Kier molecular flexibility index (Phi) is 4.99. The molecule has 0 spiro atoms. The van der Waals surface area contributed by atoms with Gasteiger partial charge in [0.05, 0.1) is 6.61 Å². The summed E-state index contributed by atoms with van der Waals surface area (Å²) < 4.78 is 4.99. The van der Waals surface area contributed by atoms with Crippen molar-refractivity contribution in [2.24, 2.45) is 11.3 Å². The van der Waals surface area contributed by atoms with E-state index in [-0.39, 0.29) is 0 Å². The maximum absolute atomic E-state index is 5.36. The Balaban J connectivity index is 2.32. The lowest BCUT2D eigenvalue weighted by atomic mass is 9.80. The minimum Gasteiger partial charge on any atom is -0.383 e. The molecule has 1 aliphatic rings. The largest absolute Gasteiger partial charge is 0.383 e. The molecule has 0 aliphatic carbocycles. The molecule has 94 valence electrons. The molecule has 1 fully saturated rings. The molecule has 1 aliphatic heterocycles. The van der Waals surface area contributed by atoms with E-state index in [1.807, 2.05) is 0 Å². The highest BCUT2D eigenvalue weighted by Gasteiger charge is 2.32. The van der Waals surface area contributed by atoms with Crippen molar-refractivity contribution in [1.82, 2.24) is 10.2 Å². The smallest absolute Gasteiger partial charge is 0.169 e. The quantitative estimate of drug-likeness (QED) is 0.605. The topological polar surface area (TPSA) is 24.5 Å². The van der Waals surface area contributed by atoms with Crippen molar-refractivity contribution in [2.45, 2.75) is 27.2 Å². The molecule has 1 rings (SSSR count). The Morgan fingerprint density at radius 1 is 1.50 bits per heavy atom. The summed E-state index contributed by atoms with van der Waals surface area (Å²) in [5.74, 6) is 0.745. The first-order chi connectivity index (χ1) is 7.45. The van der Waals surface area contributed by atoms with Crippen LogP contribution in [0.5, 0.6) is 0 Å². The standard InChI is InChI=1S/C12H24N2OS/c1-12(2,3)10-5-7-14(9-10)11(16)13-6-8-15-4/h10H,5-9H2,1-4H3,(H,13,16). The monoisotopic (exact) mass is 244 g/mol. The zero-order valence-corrected chi connectivity index (χ0v) is 11.7. The Hall–Kier alpha value is -0.350. The van der Waals surface area contributed by atoms with Crippen molar-refractivity contribution in [1.29, 1.82) is 0 Å². The number of nitrogens with one attached hydrogen (secondary N) is 1. The van der Waals surface area contributed by atoms with E-state index in [1.54, 1.807) is 7.11 Å². The van der Waals surface area contributed by atoms with Gasteiger partial charge >= 0.3 is 0 Å². The van der Waals surface area contributed by atoms with Crippen LogP contribution in [0.4, 0.5) is 0 Å². The summed E-state index contributed by atoms with van der Waals surface area (Å²) in [5, 5.41) is 4.11. The van der Waals surface area contributed by atoms with Crippen LogP contribution < -0.4 is 5.32 Å². The van der Waals surface area contributed by atoms with Crippen LogP contribution in [0, 0.1) is 11.3 Å². The third-order valence-electron chi connectivity index (χ3n) is 3.28. The van der Waals surface area contributed by atoms with Crippen LogP contribution in [-0.2, 0) is 4.74 Å². The Labute approximate surface area is 105 Å². The van der Waals surface area contributed by atoms with Gasteiger partial charge in [-0.3, -0.25) is 0 Å². The van der Waals surface area contributed by atoms with Gasteiger partial charge < -0.3 is 15.0 Å². The van der Waals surface area contributed by atoms with Gasteiger partial charge in [-0.25, -0.2) is 0 Å². The van der Waals surface area contributed by atoms with Gasteiger partial charge in [0, 0.05) is 26.7 Å². The molecule has 1 atom stereocenters. The average Bonchev–Trinajstić information content (AvgIpc) is 2.66. The van der Waals surface area contributed by atoms with Crippen LogP contribution in [0.3, 0.4) is 0 Å². The summed E-state index contributed by atoms with van der Waals surface area (Å²) in [6.07, 6.45) is 1.25. The lowest BCUT2D eigenvalue weighted by Gasteiger charge is -2.27. The lowest BCUT2D eigenvalue weighted by molar-refractivity contribution is 0.203. The molecule has 0 aromatic heterocycles. The van der Waals surface area contributed by atoms with Gasteiger partial charge in [0.15, 0.2) is 5.11 Å². The maximum Gasteiger partial charge on any atom is 0.169 e. The molecule has 0 radical (unpaired) electrons. The van der Waals surface area contributed by atoms with Gasteiger partial charge in [0.1, 0.15) is 0 Å². The third kappa shape index (κ3) is 3.91. The van der Waals surface area contributed by atoms with E-state index >= 15 is 0 Å². The second kappa shape index (κ2) is 5.82. The number of ether oxygens (including phenoxy) is 1. The molecule has 0 saturated carbocycles. The van der Waals surface area contributed by atoms with Crippen LogP contribution >= 0.6 is 12.2 Å². The fourth-order valence-electron chi connectivity index (χ4n) is 2.02. The first-order valence-electron chi connectivity index (χ1n) is 5.97. The molecule has 0 aromatic rings. The first kappa shape index (κ1) is 13.7. The molecule has 3 nitrogen and oxygen atoms in total. The van der Waals surface area contributed by atoms with E-state index < -0.39 is 0 Å². The lowest BCUT2D eigenvalue weighted by Crippen LogP contribution is -2.40. The number of methoxy groups -OCH3 is 1. The average molecular weight is 244 g/mol.